The van der Waals surface area contributed by atoms with Gasteiger partial charge >= 0.3 is 5.97 Å². The lowest BCUT2D eigenvalue weighted by atomic mass is 10.1. The van der Waals surface area contributed by atoms with E-state index in [0.29, 0.717) is 0 Å². The van der Waals surface area contributed by atoms with Crippen LogP contribution in [0.4, 0.5) is 0 Å². The molecule has 3 aromatic rings. The molecule has 1 aromatic heterocycles. The van der Waals surface area contributed by atoms with Crippen molar-refractivity contribution in [2.24, 2.45) is 0 Å². The minimum absolute atomic E-state index is 0.0601. The van der Waals surface area contributed by atoms with Gasteiger partial charge in [0.15, 0.2) is 0 Å². The van der Waals surface area contributed by atoms with Gasteiger partial charge in [-0.2, -0.15) is 0 Å². The molecule has 3 rings (SSSR count). The fraction of sp³-hybridized carbons (Fsp3) is 0.211. The van der Waals surface area contributed by atoms with Crippen molar-refractivity contribution in [3.05, 3.63) is 70.9 Å². The zero-order chi connectivity index (χ0) is 15.7. The normalized spacial score (nSPS) is 11.0. The number of fused-ring (bicyclic) bond motifs is 1. The van der Waals surface area contributed by atoms with Gasteiger partial charge in [-0.15, -0.1) is 0 Å². The predicted octanol–water partition coefficient (Wildman–Crippen LogP) is 3.93. The maximum Gasteiger partial charge on any atom is 0.307 e. The number of hydrogen-bond donors (Lipinski definition) is 1. The third-order valence-corrected chi connectivity index (χ3v) is 4.24. The average molecular weight is 293 g/mol. The molecule has 1 heterocycles. The summed E-state index contributed by atoms with van der Waals surface area (Å²) in [6.45, 7) is 5.04. The fourth-order valence-electron chi connectivity index (χ4n) is 2.95. The molecule has 0 radical (unpaired) electrons. The zero-order valence-corrected chi connectivity index (χ0v) is 12.8. The number of rotatable bonds is 4. The van der Waals surface area contributed by atoms with Crippen molar-refractivity contribution < 1.29 is 9.90 Å². The molecule has 0 unspecified atom stereocenters. The van der Waals surface area contributed by atoms with Gasteiger partial charge in [0, 0.05) is 23.1 Å². The third kappa shape index (κ3) is 2.62. The minimum Gasteiger partial charge on any atom is -0.481 e. The SMILES string of the molecule is Cc1c(C)n(Cc2ccccc2)c2cc(CC(=O)O)ccc12. The number of nitrogens with zero attached hydrogens (tertiary/aromatic N) is 1. The van der Waals surface area contributed by atoms with Crippen molar-refractivity contribution >= 4 is 16.9 Å². The zero-order valence-electron chi connectivity index (χ0n) is 12.8. The molecule has 1 N–H and O–H groups in total. The summed E-state index contributed by atoms with van der Waals surface area (Å²) in [6.07, 6.45) is 0.0601. The first-order chi connectivity index (χ1) is 10.6. The first kappa shape index (κ1) is 14.4. The van der Waals surface area contributed by atoms with Crippen LogP contribution < -0.4 is 0 Å². The maximum absolute atomic E-state index is 10.9. The van der Waals surface area contributed by atoms with Crippen LogP contribution in [0.25, 0.3) is 10.9 Å². The Morgan fingerprint density at radius 2 is 1.77 bits per heavy atom. The van der Waals surface area contributed by atoms with Crippen LogP contribution in [-0.2, 0) is 17.8 Å². The maximum atomic E-state index is 10.9. The molecule has 0 spiro atoms. The van der Waals surface area contributed by atoms with E-state index in [9.17, 15) is 4.79 Å². The van der Waals surface area contributed by atoms with Gasteiger partial charge in [0.25, 0.3) is 0 Å². The van der Waals surface area contributed by atoms with Crippen LogP contribution in [0.2, 0.25) is 0 Å². The number of carboxylic acids is 1. The van der Waals surface area contributed by atoms with E-state index in [2.05, 4.69) is 30.5 Å². The fourth-order valence-corrected chi connectivity index (χ4v) is 2.95. The van der Waals surface area contributed by atoms with Crippen LogP contribution in [0, 0.1) is 13.8 Å². The van der Waals surface area contributed by atoms with E-state index in [-0.39, 0.29) is 6.42 Å². The highest BCUT2D eigenvalue weighted by molar-refractivity contribution is 5.86. The van der Waals surface area contributed by atoms with E-state index in [1.807, 2.05) is 36.4 Å². The highest BCUT2D eigenvalue weighted by Crippen LogP contribution is 2.27. The molecule has 0 aliphatic heterocycles. The van der Waals surface area contributed by atoms with Crippen molar-refractivity contribution in [1.82, 2.24) is 4.57 Å². The van der Waals surface area contributed by atoms with Crippen molar-refractivity contribution in [1.29, 1.82) is 0 Å². The molecule has 0 aliphatic carbocycles. The van der Waals surface area contributed by atoms with Crippen molar-refractivity contribution in [2.75, 3.05) is 0 Å². The van der Waals surface area contributed by atoms with E-state index in [1.165, 1.54) is 22.2 Å². The average Bonchev–Trinajstić information content (AvgIpc) is 2.73. The van der Waals surface area contributed by atoms with Gasteiger partial charge in [-0.1, -0.05) is 42.5 Å². The summed E-state index contributed by atoms with van der Waals surface area (Å²) in [5.74, 6) is -0.797. The molecule has 0 atom stereocenters. The number of carboxylic acid groups (broad SMARTS) is 1. The summed E-state index contributed by atoms with van der Waals surface area (Å²) < 4.78 is 2.27. The number of aliphatic carboxylic acids is 1. The molecular weight excluding hydrogens is 274 g/mol. The third-order valence-electron chi connectivity index (χ3n) is 4.24. The summed E-state index contributed by atoms with van der Waals surface area (Å²) in [6, 6.07) is 16.3. The molecule has 0 bridgehead atoms. The van der Waals surface area contributed by atoms with E-state index in [1.54, 1.807) is 0 Å². The Morgan fingerprint density at radius 3 is 2.45 bits per heavy atom. The van der Waals surface area contributed by atoms with Crippen molar-refractivity contribution in [3.8, 4) is 0 Å². The highest BCUT2D eigenvalue weighted by Gasteiger charge is 2.12. The van der Waals surface area contributed by atoms with Crippen LogP contribution >= 0.6 is 0 Å². The van der Waals surface area contributed by atoms with Gasteiger partial charge in [0.2, 0.25) is 0 Å². The Morgan fingerprint density at radius 1 is 1.05 bits per heavy atom. The lowest BCUT2D eigenvalue weighted by Gasteiger charge is -2.09. The molecule has 3 nitrogen and oxygen atoms in total. The van der Waals surface area contributed by atoms with Gasteiger partial charge < -0.3 is 9.67 Å². The van der Waals surface area contributed by atoms with Crippen LogP contribution in [0.5, 0.6) is 0 Å². The first-order valence-electron chi connectivity index (χ1n) is 7.40. The standard InChI is InChI=1S/C19H19NO2/c1-13-14(2)20(12-15-6-4-3-5-7-15)18-10-16(11-19(21)22)8-9-17(13)18/h3-10H,11-12H2,1-2H3,(H,21,22). The highest BCUT2D eigenvalue weighted by atomic mass is 16.4. The quantitative estimate of drug-likeness (QED) is 0.792. The van der Waals surface area contributed by atoms with Gasteiger partial charge in [0.1, 0.15) is 0 Å². The molecule has 0 amide bonds. The molecule has 0 fully saturated rings. The second-order valence-corrected chi connectivity index (χ2v) is 5.70. The van der Waals surface area contributed by atoms with E-state index in [0.717, 1.165) is 17.6 Å². The van der Waals surface area contributed by atoms with Crippen LogP contribution in [0.3, 0.4) is 0 Å². The Balaban J connectivity index is 2.11. The summed E-state index contributed by atoms with van der Waals surface area (Å²) in [7, 11) is 0. The van der Waals surface area contributed by atoms with E-state index >= 15 is 0 Å². The van der Waals surface area contributed by atoms with Gasteiger partial charge in [-0.3, -0.25) is 4.79 Å². The largest absolute Gasteiger partial charge is 0.481 e. The first-order valence-corrected chi connectivity index (χ1v) is 7.40. The van der Waals surface area contributed by atoms with Crippen LogP contribution in [-0.4, -0.2) is 15.6 Å². The monoisotopic (exact) mass is 293 g/mol. The van der Waals surface area contributed by atoms with Gasteiger partial charge in [-0.25, -0.2) is 0 Å². The van der Waals surface area contributed by atoms with E-state index < -0.39 is 5.97 Å². The Labute approximate surface area is 129 Å². The van der Waals surface area contributed by atoms with Crippen molar-refractivity contribution in [3.63, 3.8) is 0 Å². The molecular formula is C19H19NO2. The lowest BCUT2D eigenvalue weighted by molar-refractivity contribution is -0.136. The van der Waals surface area contributed by atoms with Gasteiger partial charge in [-0.05, 0) is 36.6 Å². The molecule has 22 heavy (non-hydrogen) atoms. The molecule has 0 saturated heterocycles. The van der Waals surface area contributed by atoms with Gasteiger partial charge in [0.05, 0.1) is 6.42 Å². The number of aryl methyl sites for hydroxylation is 1. The molecule has 3 heteroatoms. The van der Waals surface area contributed by atoms with Crippen molar-refractivity contribution in [2.45, 2.75) is 26.8 Å². The molecule has 2 aromatic carbocycles. The topological polar surface area (TPSA) is 42.2 Å². The molecule has 0 saturated carbocycles. The Hall–Kier alpha value is -2.55. The number of aromatic nitrogens is 1. The minimum atomic E-state index is -0.797. The number of hydrogen-bond acceptors (Lipinski definition) is 1. The molecule has 112 valence electrons. The number of carbonyl (C=O) groups is 1. The summed E-state index contributed by atoms with van der Waals surface area (Å²) in [5.41, 5.74) is 5.68. The number of benzene rings is 2. The lowest BCUT2D eigenvalue weighted by Crippen LogP contribution is -2.03. The second kappa shape index (κ2) is 5.68. The molecule has 0 aliphatic rings. The smallest absolute Gasteiger partial charge is 0.307 e. The van der Waals surface area contributed by atoms with E-state index in [4.69, 9.17) is 5.11 Å². The summed E-state index contributed by atoms with van der Waals surface area (Å²) in [5, 5.41) is 10.2. The Bertz CT molecular complexity index is 832. The van der Waals surface area contributed by atoms with Crippen LogP contribution in [0.1, 0.15) is 22.4 Å². The predicted molar refractivity (Wildman–Crippen MR) is 88.3 cm³/mol. The second-order valence-electron chi connectivity index (χ2n) is 5.70. The Kier molecular flexibility index (Phi) is 3.72. The summed E-state index contributed by atoms with van der Waals surface area (Å²) >= 11 is 0. The summed E-state index contributed by atoms with van der Waals surface area (Å²) in [4.78, 5) is 10.9. The van der Waals surface area contributed by atoms with Crippen LogP contribution in [0.15, 0.2) is 48.5 Å².